The number of anilines is 1. The van der Waals surface area contributed by atoms with Gasteiger partial charge in [-0.05, 0) is 115 Å². The lowest BCUT2D eigenvalue weighted by molar-refractivity contribution is 0.411. The van der Waals surface area contributed by atoms with Crippen LogP contribution in [0.15, 0.2) is 200 Å². The highest BCUT2D eigenvalue weighted by Gasteiger charge is 2.49. The molecule has 2 nitrogen and oxygen atoms in total. The number of thiophene rings is 1. The predicted molar refractivity (Wildman–Crippen MR) is 243 cm³/mol. The quantitative estimate of drug-likeness (QED) is 0.174. The second kappa shape index (κ2) is 12.0. The molecule has 272 valence electrons. The van der Waals surface area contributed by atoms with Gasteiger partial charge in [-0.2, -0.15) is 0 Å². The van der Waals surface area contributed by atoms with Gasteiger partial charge < -0.3 is 9.47 Å². The van der Waals surface area contributed by atoms with Crippen LogP contribution in [-0.2, 0) is 5.41 Å². The van der Waals surface area contributed by atoms with Gasteiger partial charge in [0.1, 0.15) is 0 Å². The third-order valence-corrected chi connectivity index (χ3v) is 14.4. The van der Waals surface area contributed by atoms with Crippen molar-refractivity contribution in [3.63, 3.8) is 0 Å². The molecule has 0 radical (unpaired) electrons. The van der Waals surface area contributed by atoms with E-state index in [9.17, 15) is 0 Å². The number of allylic oxidation sites excluding steroid dienone is 11. The summed E-state index contributed by atoms with van der Waals surface area (Å²) in [7, 11) is 0. The monoisotopic (exact) mass is 748 g/mol. The second-order valence-electron chi connectivity index (χ2n) is 16.5. The van der Waals surface area contributed by atoms with Gasteiger partial charge in [0.25, 0.3) is 0 Å². The molecule has 6 aromatic carbocycles. The minimum atomic E-state index is -0.207. The topological polar surface area (TPSA) is 8.17 Å². The highest BCUT2D eigenvalue weighted by molar-refractivity contribution is 7.25. The van der Waals surface area contributed by atoms with Gasteiger partial charge in [-0.15, -0.1) is 11.3 Å². The van der Waals surface area contributed by atoms with Crippen molar-refractivity contribution in [2.75, 3.05) is 4.90 Å². The number of fused-ring (bicyclic) bond motifs is 10. The lowest BCUT2D eigenvalue weighted by atomic mass is 9.67. The van der Waals surface area contributed by atoms with Gasteiger partial charge in [-0.25, -0.2) is 0 Å². The summed E-state index contributed by atoms with van der Waals surface area (Å²) in [5.41, 5.74) is 13.7. The van der Waals surface area contributed by atoms with E-state index >= 15 is 0 Å². The molecule has 0 N–H and O–H groups in total. The molecule has 0 bridgehead atoms. The van der Waals surface area contributed by atoms with Gasteiger partial charge in [-0.1, -0.05) is 121 Å². The van der Waals surface area contributed by atoms with Crippen LogP contribution in [0.25, 0.3) is 64.4 Å². The first-order valence-electron chi connectivity index (χ1n) is 20.1. The zero-order valence-electron chi connectivity index (χ0n) is 32.0. The number of benzene rings is 6. The predicted octanol–water partition coefficient (Wildman–Crippen LogP) is 14.5. The van der Waals surface area contributed by atoms with E-state index in [0.29, 0.717) is 0 Å². The highest BCUT2D eigenvalue weighted by atomic mass is 32.1. The highest BCUT2D eigenvalue weighted by Crippen LogP contribution is 2.59. The molecule has 57 heavy (non-hydrogen) atoms. The van der Waals surface area contributed by atoms with Crippen LogP contribution in [0, 0.1) is 11.3 Å². The maximum absolute atomic E-state index is 2.63. The van der Waals surface area contributed by atoms with Crippen LogP contribution in [0.3, 0.4) is 0 Å². The van der Waals surface area contributed by atoms with Gasteiger partial charge in [-0.3, -0.25) is 0 Å². The van der Waals surface area contributed by atoms with Gasteiger partial charge in [0, 0.05) is 70.5 Å². The molecule has 8 aromatic rings. The Morgan fingerprint density at radius 2 is 1.37 bits per heavy atom. The summed E-state index contributed by atoms with van der Waals surface area (Å²) in [6, 6.07) is 49.7. The molecule has 3 heterocycles. The fourth-order valence-corrected chi connectivity index (χ4v) is 11.4. The molecular weight excluding hydrogens is 709 g/mol. The zero-order valence-corrected chi connectivity index (χ0v) is 32.8. The Morgan fingerprint density at radius 3 is 2.28 bits per heavy atom. The standard InChI is InChI=1S/C54H40N2S/c1-53-28-12-10-14-39(53)30-38(37-22-25-43-42-18-7-9-20-49(42)57-50(43)33-37)34-52(53)56-48-27-24-36(32-45(48)54(2)29-13-11-21-51(54)56)35-23-26-47-44(31-35)41-17-6-8-19-46(41)55(47)40-15-4-3-5-16-40/h3-28,30-34,39H,29H2,1-2H3. The van der Waals surface area contributed by atoms with Crippen LogP contribution in [0.1, 0.15) is 31.4 Å². The van der Waals surface area contributed by atoms with Crippen molar-refractivity contribution >= 4 is 64.6 Å². The Balaban J connectivity index is 1.01. The first kappa shape index (κ1) is 32.8. The van der Waals surface area contributed by atoms with Crippen LogP contribution in [0.2, 0.25) is 0 Å². The number of hydrogen-bond donors (Lipinski definition) is 0. The summed E-state index contributed by atoms with van der Waals surface area (Å²) >= 11 is 1.89. The largest absolute Gasteiger partial charge is 0.316 e. The van der Waals surface area contributed by atoms with E-state index in [1.165, 1.54) is 92.6 Å². The van der Waals surface area contributed by atoms with E-state index in [-0.39, 0.29) is 16.7 Å². The fraction of sp³-hybridized carbons (Fsp3) is 0.111. The number of hydrogen-bond acceptors (Lipinski definition) is 2. The Kier molecular flexibility index (Phi) is 6.93. The number of nitrogens with zero attached hydrogens (tertiary/aromatic N) is 2. The van der Waals surface area contributed by atoms with E-state index in [1.807, 2.05) is 11.3 Å². The molecule has 12 rings (SSSR count). The lowest BCUT2D eigenvalue weighted by Crippen LogP contribution is -2.39. The Hall–Kier alpha value is -6.42. The molecule has 0 fully saturated rings. The average Bonchev–Trinajstić information content (AvgIpc) is 3.88. The van der Waals surface area contributed by atoms with Crippen molar-refractivity contribution in [1.29, 1.82) is 0 Å². The molecule has 2 aromatic heterocycles. The van der Waals surface area contributed by atoms with Gasteiger partial charge in [0.15, 0.2) is 0 Å². The molecule has 0 saturated carbocycles. The minimum absolute atomic E-state index is 0.161. The smallest absolute Gasteiger partial charge is 0.0541 e. The van der Waals surface area contributed by atoms with E-state index in [0.717, 1.165) is 6.42 Å². The van der Waals surface area contributed by atoms with Crippen LogP contribution in [0.4, 0.5) is 5.69 Å². The fourth-order valence-electron chi connectivity index (χ4n) is 10.2. The molecule has 3 heteroatoms. The zero-order chi connectivity index (χ0) is 37.9. The maximum atomic E-state index is 2.63. The Bertz CT molecular complexity index is 3200. The van der Waals surface area contributed by atoms with Crippen molar-refractivity contribution in [3.8, 4) is 16.8 Å². The van der Waals surface area contributed by atoms with Crippen LogP contribution in [0.5, 0.6) is 0 Å². The summed E-state index contributed by atoms with van der Waals surface area (Å²) in [5.74, 6) is 0.231. The maximum Gasteiger partial charge on any atom is 0.0541 e. The second-order valence-corrected chi connectivity index (χ2v) is 17.6. The lowest BCUT2D eigenvalue weighted by Gasteiger charge is -2.45. The number of rotatable bonds is 4. The van der Waals surface area contributed by atoms with Crippen molar-refractivity contribution in [2.24, 2.45) is 11.3 Å². The van der Waals surface area contributed by atoms with Crippen LogP contribution >= 0.6 is 11.3 Å². The minimum Gasteiger partial charge on any atom is -0.316 e. The first-order valence-corrected chi connectivity index (χ1v) is 20.9. The third kappa shape index (κ3) is 4.70. The van der Waals surface area contributed by atoms with Crippen molar-refractivity contribution in [3.05, 3.63) is 211 Å². The summed E-state index contributed by atoms with van der Waals surface area (Å²) in [4.78, 5) is 2.63. The van der Waals surface area contributed by atoms with E-state index in [4.69, 9.17) is 0 Å². The Labute approximate surface area is 337 Å². The Morgan fingerprint density at radius 1 is 0.614 bits per heavy atom. The van der Waals surface area contributed by atoms with Gasteiger partial charge in [0.05, 0.1) is 11.0 Å². The van der Waals surface area contributed by atoms with Gasteiger partial charge >= 0.3 is 0 Å². The van der Waals surface area contributed by atoms with Crippen molar-refractivity contribution < 1.29 is 0 Å². The van der Waals surface area contributed by atoms with Crippen molar-refractivity contribution in [2.45, 2.75) is 25.7 Å². The molecule has 1 aliphatic heterocycles. The van der Waals surface area contributed by atoms with Crippen LogP contribution in [-0.4, -0.2) is 4.57 Å². The summed E-state index contributed by atoms with van der Waals surface area (Å²) in [6.45, 7) is 4.88. The summed E-state index contributed by atoms with van der Waals surface area (Å²) < 4.78 is 5.08. The molecule has 0 saturated heterocycles. The molecule has 3 aliphatic carbocycles. The van der Waals surface area contributed by atoms with Crippen molar-refractivity contribution in [1.82, 2.24) is 4.57 Å². The molecule has 0 spiro atoms. The number of para-hydroxylation sites is 2. The molecule has 3 atom stereocenters. The summed E-state index contributed by atoms with van der Waals surface area (Å²) in [5, 5.41) is 5.23. The van der Waals surface area contributed by atoms with E-state index in [2.05, 4.69) is 211 Å². The molecule has 4 aliphatic rings. The SMILES string of the molecule is CC12CC=CC=C1N(C1=CC(c3ccc4c(c3)sc3ccccc34)=CC3C=CC=CC13C)c1ccc(-c3ccc4c(c3)c3ccccc3n4-c3ccccc3)cc12. The van der Waals surface area contributed by atoms with Crippen LogP contribution < -0.4 is 4.90 Å². The normalized spacial score (nSPS) is 22.2. The number of aromatic nitrogens is 1. The molecular formula is C54H40N2S. The third-order valence-electron chi connectivity index (χ3n) is 13.3. The van der Waals surface area contributed by atoms with Gasteiger partial charge in [0.2, 0.25) is 0 Å². The average molecular weight is 749 g/mol. The molecule has 0 amide bonds. The first-order chi connectivity index (χ1) is 28.0. The van der Waals surface area contributed by atoms with E-state index in [1.54, 1.807) is 0 Å². The molecule has 3 unspecified atom stereocenters. The summed E-state index contributed by atoms with van der Waals surface area (Å²) in [6.07, 6.45) is 22.2. The van der Waals surface area contributed by atoms with E-state index < -0.39 is 0 Å².